The summed E-state index contributed by atoms with van der Waals surface area (Å²) >= 11 is 0. The number of pyridine rings is 1. The van der Waals surface area contributed by atoms with Crippen molar-refractivity contribution >= 4 is 17.5 Å². The van der Waals surface area contributed by atoms with E-state index in [0.717, 1.165) is 38.3 Å². The van der Waals surface area contributed by atoms with E-state index in [1.165, 1.54) is 12.1 Å². The first kappa shape index (κ1) is 14.2. The van der Waals surface area contributed by atoms with Crippen LogP contribution in [0.4, 0.5) is 11.5 Å². The molecule has 1 aliphatic rings. The zero-order chi connectivity index (χ0) is 14.5. The summed E-state index contributed by atoms with van der Waals surface area (Å²) in [6.07, 6.45) is 6.14. The number of carboxylic acid groups (broad SMARTS) is 1. The van der Waals surface area contributed by atoms with E-state index in [1.54, 1.807) is 0 Å². The van der Waals surface area contributed by atoms with Crippen LogP contribution in [-0.4, -0.2) is 27.0 Å². The highest BCUT2D eigenvalue weighted by Crippen LogP contribution is 2.28. The van der Waals surface area contributed by atoms with Crippen molar-refractivity contribution in [1.29, 1.82) is 0 Å². The first-order chi connectivity index (χ1) is 9.58. The van der Waals surface area contributed by atoms with Gasteiger partial charge in [-0.3, -0.25) is 10.1 Å². The molecular formula is C13H17N3O4. The minimum absolute atomic E-state index is 0.0817. The van der Waals surface area contributed by atoms with Gasteiger partial charge in [0.25, 0.3) is 5.69 Å². The van der Waals surface area contributed by atoms with Crippen LogP contribution in [0.15, 0.2) is 18.3 Å². The predicted molar refractivity (Wildman–Crippen MR) is 72.5 cm³/mol. The van der Waals surface area contributed by atoms with Crippen LogP contribution < -0.4 is 5.32 Å². The summed E-state index contributed by atoms with van der Waals surface area (Å²) in [6.45, 7) is 0. The summed E-state index contributed by atoms with van der Waals surface area (Å²) in [7, 11) is 0. The Morgan fingerprint density at radius 1 is 1.40 bits per heavy atom. The molecule has 20 heavy (non-hydrogen) atoms. The zero-order valence-electron chi connectivity index (χ0n) is 11.0. The Bertz CT molecular complexity index is 483. The van der Waals surface area contributed by atoms with E-state index in [9.17, 15) is 20.0 Å². The van der Waals surface area contributed by atoms with Crippen molar-refractivity contribution in [2.24, 2.45) is 5.92 Å². The molecule has 0 aliphatic heterocycles. The topological polar surface area (TPSA) is 105 Å². The standard InChI is InChI=1S/C13H17N3O4/c17-13(18)12(9-4-2-1-3-5-9)15-11-7-6-10(8-14-11)16(19)20/h6-9,12H,1-5H2,(H,14,15)(H,17,18). The van der Waals surface area contributed by atoms with Crippen LogP contribution in [0, 0.1) is 16.0 Å². The lowest BCUT2D eigenvalue weighted by molar-refractivity contribution is -0.385. The molecule has 0 saturated heterocycles. The van der Waals surface area contributed by atoms with E-state index in [-0.39, 0.29) is 11.6 Å². The third-order valence-electron chi connectivity index (χ3n) is 3.65. The van der Waals surface area contributed by atoms with Crippen molar-refractivity contribution in [2.75, 3.05) is 5.32 Å². The second-order valence-electron chi connectivity index (χ2n) is 5.02. The molecular weight excluding hydrogens is 262 g/mol. The van der Waals surface area contributed by atoms with Gasteiger partial charge in [0.1, 0.15) is 18.1 Å². The third kappa shape index (κ3) is 3.43. The fourth-order valence-corrected chi connectivity index (χ4v) is 2.59. The number of nitrogens with zero attached hydrogens (tertiary/aromatic N) is 2. The van der Waals surface area contributed by atoms with Crippen molar-refractivity contribution in [3.63, 3.8) is 0 Å². The number of nitro groups is 1. The SMILES string of the molecule is O=C(O)C(Nc1ccc([N+](=O)[O-])cn1)C1CCCCC1. The molecule has 7 nitrogen and oxygen atoms in total. The summed E-state index contributed by atoms with van der Waals surface area (Å²) in [5.74, 6) is -0.469. The molecule has 0 aromatic carbocycles. The Morgan fingerprint density at radius 3 is 2.60 bits per heavy atom. The Labute approximate surface area is 116 Å². The first-order valence-corrected chi connectivity index (χ1v) is 6.67. The van der Waals surface area contributed by atoms with Gasteiger partial charge in [-0.15, -0.1) is 0 Å². The lowest BCUT2D eigenvalue weighted by atomic mass is 9.84. The minimum atomic E-state index is -0.906. The Balaban J connectivity index is 2.07. The molecule has 1 unspecified atom stereocenters. The molecule has 0 bridgehead atoms. The average molecular weight is 279 g/mol. The maximum absolute atomic E-state index is 11.4. The Hall–Kier alpha value is -2.18. The van der Waals surface area contributed by atoms with Crippen LogP contribution in [-0.2, 0) is 4.79 Å². The largest absolute Gasteiger partial charge is 0.480 e. The van der Waals surface area contributed by atoms with Crippen molar-refractivity contribution in [3.05, 3.63) is 28.4 Å². The normalized spacial score (nSPS) is 17.4. The molecule has 1 heterocycles. The van der Waals surface area contributed by atoms with Gasteiger partial charge < -0.3 is 10.4 Å². The van der Waals surface area contributed by atoms with Crippen LogP contribution in [0.1, 0.15) is 32.1 Å². The lowest BCUT2D eigenvalue weighted by Crippen LogP contribution is -2.38. The summed E-state index contributed by atoms with van der Waals surface area (Å²) in [4.78, 5) is 25.3. The molecule has 108 valence electrons. The molecule has 0 radical (unpaired) electrons. The van der Waals surface area contributed by atoms with Crippen LogP contribution in [0.3, 0.4) is 0 Å². The quantitative estimate of drug-likeness (QED) is 0.633. The van der Waals surface area contributed by atoms with E-state index >= 15 is 0 Å². The van der Waals surface area contributed by atoms with Gasteiger partial charge in [-0.1, -0.05) is 19.3 Å². The smallest absolute Gasteiger partial charge is 0.326 e. The Morgan fingerprint density at radius 2 is 2.10 bits per heavy atom. The number of carboxylic acids is 1. The van der Waals surface area contributed by atoms with Gasteiger partial charge in [-0.2, -0.15) is 0 Å². The van der Waals surface area contributed by atoms with Crippen LogP contribution in [0.25, 0.3) is 0 Å². The summed E-state index contributed by atoms with van der Waals surface area (Å²) < 4.78 is 0. The zero-order valence-corrected chi connectivity index (χ0v) is 11.0. The number of rotatable bonds is 5. The highest BCUT2D eigenvalue weighted by atomic mass is 16.6. The van der Waals surface area contributed by atoms with Crippen LogP contribution in [0.5, 0.6) is 0 Å². The molecule has 1 atom stereocenters. The summed E-state index contributed by atoms with van der Waals surface area (Å²) in [5.41, 5.74) is -0.111. The average Bonchev–Trinajstić information content (AvgIpc) is 2.46. The molecule has 1 aromatic heterocycles. The van der Waals surface area contributed by atoms with E-state index < -0.39 is 16.9 Å². The van der Waals surface area contributed by atoms with Crippen molar-refractivity contribution in [3.8, 4) is 0 Å². The molecule has 2 rings (SSSR count). The number of carbonyl (C=O) groups is 1. The van der Waals surface area contributed by atoms with Gasteiger partial charge >= 0.3 is 5.97 Å². The van der Waals surface area contributed by atoms with Crippen LogP contribution >= 0.6 is 0 Å². The van der Waals surface area contributed by atoms with Gasteiger partial charge in [-0.05, 0) is 24.8 Å². The number of aliphatic carboxylic acids is 1. The fraction of sp³-hybridized carbons (Fsp3) is 0.538. The molecule has 0 amide bonds. The molecule has 1 saturated carbocycles. The lowest BCUT2D eigenvalue weighted by Gasteiger charge is -2.28. The molecule has 1 fully saturated rings. The van der Waals surface area contributed by atoms with Crippen LogP contribution in [0.2, 0.25) is 0 Å². The van der Waals surface area contributed by atoms with E-state index in [2.05, 4.69) is 10.3 Å². The molecule has 0 spiro atoms. The first-order valence-electron chi connectivity index (χ1n) is 6.67. The van der Waals surface area contributed by atoms with Crippen molar-refractivity contribution < 1.29 is 14.8 Å². The monoisotopic (exact) mass is 279 g/mol. The minimum Gasteiger partial charge on any atom is -0.480 e. The highest BCUT2D eigenvalue weighted by Gasteiger charge is 2.29. The maximum atomic E-state index is 11.4. The van der Waals surface area contributed by atoms with E-state index in [4.69, 9.17) is 0 Å². The van der Waals surface area contributed by atoms with Gasteiger partial charge in [0.2, 0.25) is 0 Å². The number of hydrogen-bond acceptors (Lipinski definition) is 5. The second-order valence-corrected chi connectivity index (χ2v) is 5.02. The van der Waals surface area contributed by atoms with E-state index in [0.29, 0.717) is 5.82 Å². The van der Waals surface area contributed by atoms with Gasteiger partial charge in [-0.25, -0.2) is 9.78 Å². The van der Waals surface area contributed by atoms with Gasteiger partial charge in [0.15, 0.2) is 0 Å². The van der Waals surface area contributed by atoms with Gasteiger partial charge in [0, 0.05) is 6.07 Å². The summed E-state index contributed by atoms with van der Waals surface area (Å²) in [5, 5.41) is 22.8. The van der Waals surface area contributed by atoms with E-state index in [1.807, 2.05) is 0 Å². The molecule has 1 aromatic rings. The third-order valence-corrected chi connectivity index (χ3v) is 3.65. The van der Waals surface area contributed by atoms with Crippen molar-refractivity contribution in [1.82, 2.24) is 4.98 Å². The summed E-state index contributed by atoms with van der Waals surface area (Å²) in [6, 6.07) is 2.07. The number of anilines is 1. The molecule has 1 aliphatic carbocycles. The van der Waals surface area contributed by atoms with Gasteiger partial charge in [0.05, 0.1) is 4.92 Å². The molecule has 7 heteroatoms. The Kier molecular flexibility index (Phi) is 4.49. The number of aromatic nitrogens is 1. The van der Waals surface area contributed by atoms with Crippen molar-refractivity contribution in [2.45, 2.75) is 38.1 Å². The molecule has 2 N–H and O–H groups in total. The highest BCUT2D eigenvalue weighted by molar-refractivity contribution is 5.77. The number of nitrogens with one attached hydrogen (secondary N) is 1. The number of hydrogen-bond donors (Lipinski definition) is 2. The predicted octanol–water partition coefficient (Wildman–Crippen LogP) is 2.44. The fourth-order valence-electron chi connectivity index (χ4n) is 2.59. The second kappa shape index (κ2) is 6.31. The maximum Gasteiger partial charge on any atom is 0.326 e.